The Balaban J connectivity index is 1.65. The highest BCUT2D eigenvalue weighted by atomic mass is 16.5. The molecule has 1 aliphatic heterocycles. The molecule has 0 amide bonds. The van der Waals surface area contributed by atoms with Crippen molar-refractivity contribution in [2.75, 3.05) is 26.3 Å². The molecule has 152 valence electrons. The number of piperidine rings is 1. The Morgan fingerprint density at radius 2 is 1.82 bits per heavy atom. The third-order valence-corrected chi connectivity index (χ3v) is 5.69. The highest BCUT2D eigenvalue weighted by Gasteiger charge is 2.25. The van der Waals surface area contributed by atoms with Gasteiger partial charge in [-0.15, -0.1) is 0 Å². The topological polar surface area (TPSA) is 52.9 Å². The third kappa shape index (κ3) is 5.65. The number of hydrogen-bond donors (Lipinski definition) is 2. The summed E-state index contributed by atoms with van der Waals surface area (Å²) in [4.78, 5) is 2.32. The lowest BCUT2D eigenvalue weighted by Crippen LogP contribution is -2.45. The largest absolute Gasteiger partial charge is 0.396 e. The lowest BCUT2D eigenvalue weighted by atomic mass is 9.97. The molecule has 3 atom stereocenters. The average Bonchev–Trinajstić information content (AvgIpc) is 2.72. The van der Waals surface area contributed by atoms with Gasteiger partial charge in [0, 0.05) is 19.2 Å². The summed E-state index contributed by atoms with van der Waals surface area (Å²) < 4.78 is 6.27. The van der Waals surface area contributed by atoms with Crippen molar-refractivity contribution in [2.24, 2.45) is 0 Å². The molecule has 28 heavy (non-hydrogen) atoms. The van der Waals surface area contributed by atoms with Gasteiger partial charge in [-0.05, 0) is 49.4 Å². The van der Waals surface area contributed by atoms with Crippen LogP contribution in [0.15, 0.2) is 54.6 Å². The minimum absolute atomic E-state index is 0.188. The molecule has 0 unspecified atom stereocenters. The Kier molecular flexibility index (Phi) is 8.04. The van der Waals surface area contributed by atoms with Crippen LogP contribution in [-0.4, -0.2) is 53.6 Å². The monoisotopic (exact) mass is 383 g/mol. The summed E-state index contributed by atoms with van der Waals surface area (Å²) in [6.45, 7) is 4.17. The van der Waals surface area contributed by atoms with E-state index < -0.39 is 6.10 Å². The Labute approximate surface area is 168 Å². The molecule has 0 saturated carbocycles. The molecule has 0 bridgehead atoms. The number of benzene rings is 2. The molecule has 2 aromatic rings. The van der Waals surface area contributed by atoms with Gasteiger partial charge in [-0.1, -0.05) is 61.0 Å². The lowest BCUT2D eigenvalue weighted by molar-refractivity contribution is -0.0205. The van der Waals surface area contributed by atoms with E-state index in [-0.39, 0.29) is 19.3 Å². The highest BCUT2D eigenvalue weighted by Crippen LogP contribution is 2.28. The van der Waals surface area contributed by atoms with Crippen LogP contribution in [0, 0.1) is 6.92 Å². The van der Waals surface area contributed by atoms with Gasteiger partial charge in [0.1, 0.15) is 6.10 Å². The SMILES string of the molecule is Cc1ccccc1[C@H](OC[C@@H](O)CN1CCCC[C@H]1CCO)c1ccccc1. The number of likely N-dealkylation sites (tertiary alicyclic amines) is 1. The van der Waals surface area contributed by atoms with Crippen LogP contribution in [0.5, 0.6) is 0 Å². The van der Waals surface area contributed by atoms with Crippen LogP contribution >= 0.6 is 0 Å². The quantitative estimate of drug-likeness (QED) is 0.693. The number of β-amino-alcohol motifs (C(OH)–C–C–N with tert-alkyl or cyclic N) is 1. The minimum atomic E-state index is -0.547. The summed E-state index contributed by atoms with van der Waals surface area (Å²) in [5, 5.41) is 20.0. The van der Waals surface area contributed by atoms with Gasteiger partial charge in [0.2, 0.25) is 0 Å². The average molecular weight is 384 g/mol. The van der Waals surface area contributed by atoms with Crippen LogP contribution in [0.1, 0.15) is 48.5 Å². The molecule has 1 heterocycles. The van der Waals surface area contributed by atoms with E-state index in [0.29, 0.717) is 12.6 Å². The van der Waals surface area contributed by atoms with Crippen LogP contribution in [0.2, 0.25) is 0 Å². The maximum atomic E-state index is 10.7. The van der Waals surface area contributed by atoms with Gasteiger partial charge in [0.05, 0.1) is 12.7 Å². The van der Waals surface area contributed by atoms with Crippen LogP contribution in [0.4, 0.5) is 0 Å². The predicted octanol–water partition coefficient (Wildman–Crippen LogP) is 3.70. The van der Waals surface area contributed by atoms with E-state index in [1.165, 1.54) is 12.0 Å². The summed E-state index contributed by atoms with van der Waals surface area (Å²) in [6, 6.07) is 18.8. The zero-order chi connectivity index (χ0) is 19.8. The first kappa shape index (κ1) is 21.0. The van der Waals surface area contributed by atoms with E-state index in [4.69, 9.17) is 4.74 Å². The van der Waals surface area contributed by atoms with Gasteiger partial charge in [-0.3, -0.25) is 4.90 Å². The highest BCUT2D eigenvalue weighted by molar-refractivity contribution is 5.35. The third-order valence-electron chi connectivity index (χ3n) is 5.69. The van der Waals surface area contributed by atoms with Crippen LogP contribution in [0.3, 0.4) is 0 Å². The Bertz CT molecular complexity index is 704. The fourth-order valence-electron chi connectivity index (χ4n) is 4.18. The number of aliphatic hydroxyl groups is 2. The first-order valence-corrected chi connectivity index (χ1v) is 10.4. The molecule has 1 fully saturated rings. The van der Waals surface area contributed by atoms with Gasteiger partial charge in [-0.25, -0.2) is 0 Å². The molecule has 0 aromatic heterocycles. The number of hydrogen-bond acceptors (Lipinski definition) is 4. The standard InChI is InChI=1S/C24H33NO3/c1-19-9-5-6-13-23(19)24(20-10-3-2-4-11-20)28-18-22(27)17-25-15-8-7-12-21(25)14-16-26/h2-6,9-11,13,21-22,24,26-27H,7-8,12,14-18H2,1H3/t21-,22-,24+/m0/s1. The number of aliphatic hydroxyl groups excluding tert-OH is 2. The van der Waals surface area contributed by atoms with Crippen LogP contribution in [-0.2, 0) is 4.74 Å². The summed E-state index contributed by atoms with van der Waals surface area (Å²) in [6.07, 6.45) is 3.51. The molecule has 4 heteroatoms. The van der Waals surface area contributed by atoms with Gasteiger partial charge < -0.3 is 14.9 Å². The predicted molar refractivity (Wildman–Crippen MR) is 112 cm³/mol. The Morgan fingerprint density at radius 3 is 2.57 bits per heavy atom. The van der Waals surface area contributed by atoms with Crippen molar-refractivity contribution in [3.63, 3.8) is 0 Å². The van der Waals surface area contributed by atoms with Crippen molar-refractivity contribution in [1.82, 2.24) is 4.90 Å². The lowest BCUT2D eigenvalue weighted by Gasteiger charge is -2.36. The van der Waals surface area contributed by atoms with E-state index in [9.17, 15) is 10.2 Å². The smallest absolute Gasteiger partial charge is 0.108 e. The van der Waals surface area contributed by atoms with E-state index in [1.54, 1.807) is 0 Å². The molecular weight excluding hydrogens is 350 g/mol. The molecule has 2 N–H and O–H groups in total. The van der Waals surface area contributed by atoms with Crippen LogP contribution < -0.4 is 0 Å². The van der Waals surface area contributed by atoms with Crippen molar-refractivity contribution < 1.29 is 14.9 Å². The summed E-state index contributed by atoms with van der Waals surface area (Å²) in [7, 11) is 0. The van der Waals surface area contributed by atoms with Crippen LogP contribution in [0.25, 0.3) is 0 Å². The van der Waals surface area contributed by atoms with Gasteiger partial charge in [0.15, 0.2) is 0 Å². The fraction of sp³-hybridized carbons (Fsp3) is 0.500. The summed E-state index contributed by atoms with van der Waals surface area (Å²) >= 11 is 0. The maximum Gasteiger partial charge on any atom is 0.108 e. The summed E-state index contributed by atoms with van der Waals surface area (Å²) in [5.41, 5.74) is 3.42. The van der Waals surface area contributed by atoms with Crippen molar-refractivity contribution >= 4 is 0 Å². The zero-order valence-corrected chi connectivity index (χ0v) is 16.8. The molecule has 0 radical (unpaired) electrons. The second-order valence-corrected chi connectivity index (χ2v) is 7.79. The van der Waals surface area contributed by atoms with Crippen molar-refractivity contribution in [2.45, 2.75) is 50.9 Å². The van der Waals surface area contributed by atoms with E-state index in [1.807, 2.05) is 30.3 Å². The summed E-state index contributed by atoms with van der Waals surface area (Å²) in [5.74, 6) is 0. The van der Waals surface area contributed by atoms with E-state index in [2.05, 4.69) is 36.1 Å². The minimum Gasteiger partial charge on any atom is -0.396 e. The second-order valence-electron chi connectivity index (χ2n) is 7.79. The van der Waals surface area contributed by atoms with E-state index >= 15 is 0 Å². The molecular formula is C24H33NO3. The van der Waals surface area contributed by atoms with Crippen molar-refractivity contribution in [1.29, 1.82) is 0 Å². The Morgan fingerprint density at radius 1 is 1.07 bits per heavy atom. The van der Waals surface area contributed by atoms with Gasteiger partial charge >= 0.3 is 0 Å². The zero-order valence-electron chi connectivity index (χ0n) is 16.8. The van der Waals surface area contributed by atoms with Gasteiger partial charge in [-0.2, -0.15) is 0 Å². The molecule has 1 aliphatic rings. The molecule has 0 aliphatic carbocycles. The second kappa shape index (κ2) is 10.7. The number of ether oxygens (including phenoxy) is 1. The first-order valence-electron chi connectivity index (χ1n) is 10.4. The number of rotatable bonds is 9. The maximum absolute atomic E-state index is 10.7. The number of aryl methyl sites for hydroxylation is 1. The fourth-order valence-corrected chi connectivity index (χ4v) is 4.18. The molecule has 4 nitrogen and oxygen atoms in total. The first-order chi connectivity index (χ1) is 13.7. The molecule has 2 aromatic carbocycles. The van der Waals surface area contributed by atoms with Crippen molar-refractivity contribution in [3.05, 3.63) is 71.3 Å². The van der Waals surface area contributed by atoms with Crippen molar-refractivity contribution in [3.8, 4) is 0 Å². The van der Waals surface area contributed by atoms with E-state index in [0.717, 1.165) is 36.9 Å². The molecule has 3 rings (SSSR count). The van der Waals surface area contributed by atoms with Gasteiger partial charge in [0.25, 0.3) is 0 Å². The Hall–Kier alpha value is -1.72. The normalized spacial score (nSPS) is 20.0. The number of nitrogens with zero attached hydrogens (tertiary/aromatic N) is 1. The molecule has 0 spiro atoms. The molecule has 1 saturated heterocycles.